The quantitative estimate of drug-likeness (QED) is 0.666. The summed E-state index contributed by atoms with van der Waals surface area (Å²) in [6.07, 6.45) is 1.24. The smallest absolute Gasteiger partial charge is 0.134 e. The largest absolute Gasteiger partial charge is 0.363 e. The topological polar surface area (TPSA) is 45.0 Å². The molecule has 0 bridgehead atoms. The van der Waals surface area contributed by atoms with Gasteiger partial charge in [-0.15, -0.1) is 0 Å². The number of nitrogens with one attached hydrogen (secondary N) is 1. The molecule has 12 heavy (non-hydrogen) atoms. The fraction of sp³-hybridized carbons (Fsp3) is 0.889. The molecule has 0 radical (unpaired) electrons. The molecular formula is C9H16N2O. The third-order valence-corrected chi connectivity index (χ3v) is 2.38. The standard InChI is InChI=1S/C9H16N2O/c1-9(2)7-11-5-3-8(9)12-6-4-10/h8,11H,3,5-7H2,1-2H3. The highest BCUT2D eigenvalue weighted by Gasteiger charge is 2.32. The number of ether oxygens (including phenoxy) is 1. The van der Waals surface area contributed by atoms with Crippen molar-refractivity contribution in [3.63, 3.8) is 0 Å². The van der Waals surface area contributed by atoms with Crippen molar-refractivity contribution in [3.8, 4) is 6.07 Å². The predicted molar refractivity (Wildman–Crippen MR) is 46.6 cm³/mol. The number of nitriles is 1. The van der Waals surface area contributed by atoms with Crippen molar-refractivity contribution in [1.29, 1.82) is 5.26 Å². The molecule has 1 heterocycles. The maximum Gasteiger partial charge on any atom is 0.134 e. The van der Waals surface area contributed by atoms with Crippen molar-refractivity contribution in [3.05, 3.63) is 0 Å². The summed E-state index contributed by atoms with van der Waals surface area (Å²) in [5.74, 6) is 0. The van der Waals surface area contributed by atoms with E-state index in [1.165, 1.54) is 0 Å². The average molecular weight is 168 g/mol. The van der Waals surface area contributed by atoms with Crippen molar-refractivity contribution in [2.75, 3.05) is 19.7 Å². The van der Waals surface area contributed by atoms with Gasteiger partial charge in [0.15, 0.2) is 0 Å². The second kappa shape index (κ2) is 3.88. The highest BCUT2D eigenvalue weighted by atomic mass is 16.5. The molecule has 1 atom stereocenters. The fourth-order valence-electron chi connectivity index (χ4n) is 1.60. The molecule has 68 valence electrons. The van der Waals surface area contributed by atoms with Gasteiger partial charge >= 0.3 is 0 Å². The Balaban J connectivity index is 2.44. The van der Waals surface area contributed by atoms with Crippen LogP contribution in [0.2, 0.25) is 0 Å². The molecule has 0 spiro atoms. The Bertz CT molecular complexity index is 183. The van der Waals surface area contributed by atoms with E-state index in [9.17, 15) is 0 Å². The lowest BCUT2D eigenvalue weighted by Gasteiger charge is -2.38. The zero-order valence-electron chi connectivity index (χ0n) is 7.76. The van der Waals surface area contributed by atoms with E-state index in [1.54, 1.807) is 0 Å². The molecule has 1 aliphatic heterocycles. The van der Waals surface area contributed by atoms with E-state index >= 15 is 0 Å². The van der Waals surface area contributed by atoms with Crippen LogP contribution >= 0.6 is 0 Å². The van der Waals surface area contributed by atoms with Crippen molar-refractivity contribution in [2.45, 2.75) is 26.4 Å². The van der Waals surface area contributed by atoms with E-state index in [0.29, 0.717) is 0 Å². The van der Waals surface area contributed by atoms with Crippen LogP contribution in [0.4, 0.5) is 0 Å². The summed E-state index contributed by atoms with van der Waals surface area (Å²) in [4.78, 5) is 0. The van der Waals surface area contributed by atoms with Gasteiger partial charge in [0.2, 0.25) is 0 Å². The Morgan fingerprint density at radius 1 is 1.67 bits per heavy atom. The molecule has 0 amide bonds. The van der Waals surface area contributed by atoms with E-state index in [4.69, 9.17) is 10.00 Å². The summed E-state index contributed by atoms with van der Waals surface area (Å²) < 4.78 is 5.45. The van der Waals surface area contributed by atoms with Gasteiger partial charge in [0.1, 0.15) is 6.61 Å². The minimum Gasteiger partial charge on any atom is -0.363 e. The van der Waals surface area contributed by atoms with E-state index in [0.717, 1.165) is 19.5 Å². The molecule has 1 rings (SSSR count). The highest BCUT2D eigenvalue weighted by molar-refractivity contribution is 4.87. The molecule has 0 aliphatic carbocycles. The first-order chi connectivity index (χ1) is 5.67. The molecule has 0 aromatic heterocycles. The van der Waals surface area contributed by atoms with Crippen LogP contribution in [0.3, 0.4) is 0 Å². The number of hydrogen-bond donors (Lipinski definition) is 1. The molecule has 1 fully saturated rings. The third-order valence-electron chi connectivity index (χ3n) is 2.38. The van der Waals surface area contributed by atoms with Crippen LogP contribution in [0.25, 0.3) is 0 Å². The molecule has 3 nitrogen and oxygen atoms in total. The van der Waals surface area contributed by atoms with Crippen molar-refractivity contribution < 1.29 is 4.74 Å². The first-order valence-electron chi connectivity index (χ1n) is 4.36. The zero-order valence-corrected chi connectivity index (χ0v) is 7.76. The molecule has 0 saturated carbocycles. The molecule has 0 aromatic rings. The van der Waals surface area contributed by atoms with Crippen LogP contribution in [-0.4, -0.2) is 25.8 Å². The van der Waals surface area contributed by atoms with Gasteiger partial charge in [-0.3, -0.25) is 0 Å². The lowest BCUT2D eigenvalue weighted by Crippen LogP contribution is -2.47. The van der Waals surface area contributed by atoms with Crippen molar-refractivity contribution >= 4 is 0 Å². The molecule has 1 unspecified atom stereocenters. The normalized spacial score (nSPS) is 27.9. The summed E-state index contributed by atoms with van der Waals surface area (Å²) in [7, 11) is 0. The van der Waals surface area contributed by atoms with E-state index in [2.05, 4.69) is 19.2 Å². The van der Waals surface area contributed by atoms with E-state index < -0.39 is 0 Å². The summed E-state index contributed by atoms with van der Waals surface area (Å²) in [6, 6.07) is 2.01. The first-order valence-corrected chi connectivity index (χ1v) is 4.36. The Hall–Kier alpha value is -0.590. The molecule has 1 N–H and O–H groups in total. The molecule has 1 saturated heterocycles. The van der Waals surface area contributed by atoms with Crippen molar-refractivity contribution in [1.82, 2.24) is 5.32 Å². The lowest BCUT2D eigenvalue weighted by atomic mass is 9.82. The predicted octanol–water partition coefficient (Wildman–Crippen LogP) is 0.915. The van der Waals surface area contributed by atoms with Crippen LogP contribution in [0, 0.1) is 16.7 Å². The molecule has 1 aliphatic rings. The van der Waals surface area contributed by atoms with Crippen LogP contribution in [0.15, 0.2) is 0 Å². The maximum absolute atomic E-state index is 8.38. The van der Waals surface area contributed by atoms with Crippen LogP contribution < -0.4 is 5.32 Å². The average Bonchev–Trinajstić information content (AvgIpc) is 2.02. The molecule has 0 aromatic carbocycles. The Labute approximate surface area is 73.7 Å². The van der Waals surface area contributed by atoms with Gasteiger partial charge in [-0.2, -0.15) is 5.26 Å². The second-order valence-electron chi connectivity index (χ2n) is 3.91. The third kappa shape index (κ3) is 2.20. The van der Waals surface area contributed by atoms with Gasteiger partial charge in [0.05, 0.1) is 12.2 Å². The van der Waals surface area contributed by atoms with Gasteiger partial charge in [-0.05, 0) is 13.0 Å². The van der Waals surface area contributed by atoms with Crippen LogP contribution in [-0.2, 0) is 4.74 Å². The van der Waals surface area contributed by atoms with Gasteiger partial charge in [0, 0.05) is 12.0 Å². The zero-order chi connectivity index (χ0) is 9.03. The Morgan fingerprint density at radius 3 is 3.00 bits per heavy atom. The highest BCUT2D eigenvalue weighted by Crippen LogP contribution is 2.27. The summed E-state index contributed by atoms with van der Waals surface area (Å²) >= 11 is 0. The first kappa shape index (κ1) is 9.50. The minimum absolute atomic E-state index is 0.162. The van der Waals surface area contributed by atoms with Gasteiger partial charge in [-0.25, -0.2) is 0 Å². The van der Waals surface area contributed by atoms with E-state index in [-0.39, 0.29) is 18.1 Å². The second-order valence-corrected chi connectivity index (χ2v) is 3.91. The van der Waals surface area contributed by atoms with Crippen LogP contribution in [0.1, 0.15) is 20.3 Å². The SMILES string of the molecule is CC1(C)CNCCC1OCC#N. The summed E-state index contributed by atoms with van der Waals surface area (Å²) in [5.41, 5.74) is 0.162. The molecule has 3 heteroatoms. The summed E-state index contributed by atoms with van der Waals surface area (Å²) in [5, 5.41) is 11.7. The van der Waals surface area contributed by atoms with Crippen LogP contribution in [0.5, 0.6) is 0 Å². The van der Waals surface area contributed by atoms with Crippen molar-refractivity contribution in [2.24, 2.45) is 5.41 Å². The maximum atomic E-state index is 8.38. The Morgan fingerprint density at radius 2 is 2.42 bits per heavy atom. The number of rotatable bonds is 2. The Kier molecular flexibility index (Phi) is 3.07. The monoisotopic (exact) mass is 168 g/mol. The minimum atomic E-state index is 0.162. The lowest BCUT2D eigenvalue weighted by molar-refractivity contribution is -0.0288. The van der Waals surface area contributed by atoms with E-state index in [1.807, 2.05) is 6.07 Å². The van der Waals surface area contributed by atoms with Gasteiger partial charge in [-0.1, -0.05) is 13.8 Å². The van der Waals surface area contributed by atoms with Gasteiger partial charge < -0.3 is 10.1 Å². The van der Waals surface area contributed by atoms with Gasteiger partial charge in [0.25, 0.3) is 0 Å². The number of hydrogen-bond acceptors (Lipinski definition) is 3. The fourth-order valence-corrected chi connectivity index (χ4v) is 1.60. The molecular weight excluding hydrogens is 152 g/mol. The summed E-state index contributed by atoms with van der Waals surface area (Å²) in [6.45, 7) is 6.53. The number of nitrogens with zero attached hydrogens (tertiary/aromatic N) is 1. The number of piperidine rings is 1.